The summed E-state index contributed by atoms with van der Waals surface area (Å²) in [5, 5.41) is 0. The van der Waals surface area contributed by atoms with Gasteiger partial charge in [0.05, 0.1) is 0 Å². The van der Waals surface area contributed by atoms with E-state index >= 15 is 0 Å². The summed E-state index contributed by atoms with van der Waals surface area (Å²) in [6.07, 6.45) is 32.0. The van der Waals surface area contributed by atoms with Crippen LogP contribution >= 0.6 is 19.4 Å². The molecule has 3 heteroatoms. The maximum atomic E-state index is 4.83. The predicted octanol–water partition coefficient (Wildman–Crippen LogP) is 4.65. The van der Waals surface area contributed by atoms with Crippen molar-refractivity contribution in [3.05, 3.63) is 103 Å². The summed E-state index contributed by atoms with van der Waals surface area (Å²) in [6, 6.07) is 0. The molecule has 0 N–H and O–H groups in total. The third-order valence-corrected chi connectivity index (χ3v) is 1.78. The van der Waals surface area contributed by atoms with E-state index < -0.39 is 0 Å². The van der Waals surface area contributed by atoms with Crippen LogP contribution in [0.1, 0.15) is 0 Å². The summed E-state index contributed by atoms with van der Waals surface area (Å²) in [7, 11) is 9.67. The van der Waals surface area contributed by atoms with Crippen LogP contribution in [0, 0.1) is 103 Å². The average Bonchev–Trinajstić information content (AvgIpc) is 2.28. The number of hydrogen-bond acceptors (Lipinski definition) is 0. The first-order valence-electron chi connectivity index (χ1n) is 5.59. The van der Waals surface area contributed by atoms with E-state index in [1.165, 1.54) is 0 Å². The molecule has 0 aromatic rings. The van der Waals surface area contributed by atoms with E-state index in [-0.39, 0.29) is 15.1 Å². The standard InChI is InChI=1S/2C8H8.2ClH.Rh/c2*1-2-4-6-8-7-5-3-1;;;/h2*1-8H;2*1H;/q;;;;+2/p-2. The van der Waals surface area contributed by atoms with Gasteiger partial charge in [0, 0.05) is 0 Å². The molecule has 2 aliphatic carbocycles. The molecule has 2 aliphatic rings. The first-order valence-corrected chi connectivity index (χ1v) is 9.81. The van der Waals surface area contributed by atoms with Crippen molar-refractivity contribution in [3.63, 3.8) is 0 Å². The molecule has 0 amide bonds. The van der Waals surface area contributed by atoms with E-state index in [2.05, 4.69) is 0 Å². The zero-order valence-corrected chi connectivity index (χ0v) is 13.5. The molecule has 19 heavy (non-hydrogen) atoms. The maximum absolute atomic E-state index is 4.83. The molecule has 0 heterocycles. The number of halogens is 2. The van der Waals surface area contributed by atoms with Crippen molar-refractivity contribution in [3.8, 4) is 0 Å². The molecular weight excluding hydrogens is 366 g/mol. The van der Waals surface area contributed by atoms with Gasteiger partial charge in [0.2, 0.25) is 0 Å². The molecule has 2 rings (SSSR count). The molecule has 0 atom stereocenters. The molecule has 0 saturated heterocycles. The third kappa shape index (κ3) is 19.2. The Morgan fingerprint density at radius 1 is 0.316 bits per heavy atom. The van der Waals surface area contributed by atoms with E-state index in [9.17, 15) is 0 Å². The van der Waals surface area contributed by atoms with Crippen LogP contribution in [0.4, 0.5) is 0 Å². The van der Waals surface area contributed by atoms with Crippen LogP contribution in [0.2, 0.25) is 0 Å². The van der Waals surface area contributed by atoms with Crippen molar-refractivity contribution in [2.75, 3.05) is 0 Å². The van der Waals surface area contributed by atoms with Gasteiger partial charge < -0.3 is 0 Å². The van der Waals surface area contributed by atoms with Crippen molar-refractivity contribution in [2.24, 2.45) is 0 Å². The van der Waals surface area contributed by atoms with E-state index in [0.717, 1.165) is 0 Å². The molecule has 0 unspecified atom stereocenters. The Morgan fingerprint density at radius 2 is 0.368 bits per heavy atom. The molecule has 0 aromatic carbocycles. The summed E-state index contributed by atoms with van der Waals surface area (Å²) in [5.74, 6) is 0. The van der Waals surface area contributed by atoms with Crippen LogP contribution in [-0.2, 0) is 15.1 Å². The Labute approximate surface area is 137 Å². The van der Waals surface area contributed by atoms with Crippen molar-refractivity contribution in [2.45, 2.75) is 0 Å². The molecule has 103 valence electrons. The monoisotopic (exact) mass is 381 g/mol. The van der Waals surface area contributed by atoms with Crippen molar-refractivity contribution in [1.29, 1.82) is 0 Å². The Balaban J connectivity index is 0.000000284. The first-order chi connectivity index (χ1) is 9.41. The van der Waals surface area contributed by atoms with Gasteiger partial charge in [-0.3, -0.25) is 0 Å². The quantitative estimate of drug-likeness (QED) is 0.536. The molecule has 2 saturated carbocycles. The fourth-order valence-corrected chi connectivity index (χ4v) is 1.03. The summed E-state index contributed by atoms with van der Waals surface area (Å²) in [5.41, 5.74) is 0. The normalized spacial score (nSPS) is 21.4. The summed E-state index contributed by atoms with van der Waals surface area (Å²) < 4.78 is 0. The molecule has 2 fully saturated rings. The van der Waals surface area contributed by atoms with Gasteiger partial charge >= 0.3 is 34.5 Å². The van der Waals surface area contributed by atoms with E-state index in [0.29, 0.717) is 0 Å². The minimum absolute atomic E-state index is 0.226. The minimum atomic E-state index is -0.226. The second kappa shape index (κ2) is 19.2. The van der Waals surface area contributed by atoms with Gasteiger partial charge in [0.25, 0.3) is 0 Å². The van der Waals surface area contributed by atoms with Gasteiger partial charge in [-0.25, -0.2) is 0 Å². The fourth-order valence-electron chi connectivity index (χ4n) is 1.03. The second-order valence-corrected chi connectivity index (χ2v) is 5.61. The molecule has 0 bridgehead atoms. The van der Waals surface area contributed by atoms with Crippen LogP contribution < -0.4 is 0 Å². The Bertz CT molecular complexity index is 89.7. The Kier molecular flexibility index (Phi) is 20.4. The zero-order valence-electron chi connectivity index (χ0n) is 10.3. The number of hydrogen-bond donors (Lipinski definition) is 0. The van der Waals surface area contributed by atoms with Gasteiger partial charge in [0.15, 0.2) is 0 Å². The second-order valence-electron chi connectivity index (χ2n) is 3.13. The van der Waals surface area contributed by atoms with Crippen LogP contribution in [0.25, 0.3) is 0 Å². The third-order valence-electron chi connectivity index (χ3n) is 1.78. The van der Waals surface area contributed by atoms with Gasteiger partial charge in [-0.15, -0.1) is 0 Å². The summed E-state index contributed by atoms with van der Waals surface area (Å²) >= 11 is -0.226. The average molecular weight is 382 g/mol. The summed E-state index contributed by atoms with van der Waals surface area (Å²) in [4.78, 5) is 0. The number of rotatable bonds is 0. The molecule has 0 aromatic heterocycles. The van der Waals surface area contributed by atoms with Crippen LogP contribution in [0.3, 0.4) is 0 Å². The topological polar surface area (TPSA) is 0 Å². The molecule has 0 nitrogen and oxygen atoms in total. The Morgan fingerprint density at radius 3 is 0.421 bits per heavy atom. The molecule has 0 aliphatic heterocycles. The van der Waals surface area contributed by atoms with E-state index in [1.54, 1.807) is 0 Å². The first kappa shape index (κ1) is 20.2. The van der Waals surface area contributed by atoms with E-state index in [1.807, 2.05) is 103 Å². The molecule has 0 spiro atoms. The van der Waals surface area contributed by atoms with Gasteiger partial charge in [0.1, 0.15) is 0 Å². The van der Waals surface area contributed by atoms with Gasteiger partial charge in [-0.1, -0.05) is 0 Å². The van der Waals surface area contributed by atoms with Crippen LogP contribution in [-0.4, -0.2) is 0 Å². The Hall–Kier alpha value is 1.20. The predicted molar refractivity (Wildman–Crippen MR) is 80.5 cm³/mol. The zero-order chi connectivity index (χ0) is 14.0. The SMILES string of the molecule is [CH]1[CH][CH][CH][CH][CH][CH][CH]1.[CH]1[CH][CH][CH][CH][CH][CH][CH]1.[Cl][Rh][Cl]. The van der Waals surface area contributed by atoms with Crippen LogP contribution in [0.15, 0.2) is 0 Å². The fraction of sp³-hybridized carbons (Fsp3) is 0. The van der Waals surface area contributed by atoms with Crippen LogP contribution in [0.5, 0.6) is 0 Å². The summed E-state index contributed by atoms with van der Waals surface area (Å²) in [6.45, 7) is 0. The van der Waals surface area contributed by atoms with Crippen molar-refractivity contribution >= 4 is 19.4 Å². The molecular formula is C16H16Cl2Rh. The van der Waals surface area contributed by atoms with Crippen molar-refractivity contribution < 1.29 is 15.1 Å². The molecule has 16 radical (unpaired) electrons. The van der Waals surface area contributed by atoms with Gasteiger partial charge in [-0.05, 0) is 103 Å². The van der Waals surface area contributed by atoms with Gasteiger partial charge in [-0.2, -0.15) is 0 Å². The van der Waals surface area contributed by atoms with Crippen molar-refractivity contribution in [1.82, 2.24) is 0 Å². The van der Waals surface area contributed by atoms with E-state index in [4.69, 9.17) is 19.4 Å².